The van der Waals surface area contributed by atoms with E-state index in [9.17, 15) is 0 Å². The third-order valence-corrected chi connectivity index (χ3v) is 4.27. The minimum atomic E-state index is 0.772. The zero-order chi connectivity index (χ0) is 16.8. The topological polar surface area (TPSA) is 46.3 Å². The van der Waals surface area contributed by atoms with Gasteiger partial charge in [-0.2, -0.15) is 0 Å². The first-order valence-electron chi connectivity index (χ1n) is 8.29. The molecule has 0 aliphatic heterocycles. The van der Waals surface area contributed by atoms with Gasteiger partial charge in [-0.1, -0.05) is 30.3 Å². The number of H-pyrrole nitrogens is 1. The highest BCUT2D eigenvalue weighted by atomic mass is 16.5. The molecule has 0 aliphatic rings. The van der Waals surface area contributed by atoms with Crippen molar-refractivity contribution >= 4 is 10.9 Å². The normalized spacial score (nSPS) is 10.9. The molecule has 4 nitrogen and oxygen atoms in total. The highest BCUT2D eigenvalue weighted by molar-refractivity contribution is 5.82. The molecule has 0 fully saturated rings. The van der Waals surface area contributed by atoms with Crippen LogP contribution in [-0.4, -0.2) is 25.7 Å². The summed E-state index contributed by atoms with van der Waals surface area (Å²) in [4.78, 5) is 3.33. The van der Waals surface area contributed by atoms with Crippen molar-refractivity contribution in [2.24, 2.45) is 0 Å². The summed E-state index contributed by atoms with van der Waals surface area (Å²) in [5.41, 5.74) is 3.71. The van der Waals surface area contributed by atoms with Crippen molar-refractivity contribution in [2.75, 3.05) is 20.8 Å². The number of fused-ring (bicyclic) bond motifs is 1. The number of ether oxygens (including phenoxy) is 2. The van der Waals surface area contributed by atoms with Gasteiger partial charge in [-0.05, 0) is 37.1 Å². The number of aromatic amines is 1. The Morgan fingerprint density at radius 1 is 0.958 bits per heavy atom. The summed E-state index contributed by atoms with van der Waals surface area (Å²) in [6, 6.07) is 14.4. The summed E-state index contributed by atoms with van der Waals surface area (Å²) in [5, 5.41) is 4.82. The number of rotatable bonds is 8. The number of aromatic nitrogens is 1. The van der Waals surface area contributed by atoms with Crippen LogP contribution < -0.4 is 14.8 Å². The van der Waals surface area contributed by atoms with Crippen LogP contribution in [0.15, 0.2) is 48.7 Å². The van der Waals surface area contributed by atoms with Gasteiger partial charge in [0.2, 0.25) is 0 Å². The van der Waals surface area contributed by atoms with Gasteiger partial charge in [0.25, 0.3) is 0 Å². The van der Waals surface area contributed by atoms with E-state index in [1.807, 2.05) is 12.1 Å². The summed E-state index contributed by atoms with van der Waals surface area (Å²) in [6.45, 7) is 1.73. The van der Waals surface area contributed by atoms with Gasteiger partial charge in [0.1, 0.15) is 0 Å². The SMILES string of the molecule is COc1cccc(CNCCCc2c[nH]c3ccccc23)c1OC. The Labute approximate surface area is 142 Å². The van der Waals surface area contributed by atoms with Gasteiger partial charge in [-0.25, -0.2) is 0 Å². The molecule has 4 heteroatoms. The smallest absolute Gasteiger partial charge is 0.165 e. The molecule has 3 aromatic rings. The van der Waals surface area contributed by atoms with E-state index in [-0.39, 0.29) is 0 Å². The van der Waals surface area contributed by atoms with Crippen molar-refractivity contribution < 1.29 is 9.47 Å². The standard InChI is InChI=1S/C20H24N2O2/c1-23-19-11-5-7-16(20(19)24-2)13-21-12-6-8-15-14-22-18-10-4-3-9-17(15)18/h3-5,7,9-11,14,21-22H,6,8,12-13H2,1-2H3. The molecule has 0 aliphatic carbocycles. The predicted octanol–water partition coefficient (Wildman–Crippen LogP) is 3.91. The van der Waals surface area contributed by atoms with Crippen LogP contribution >= 0.6 is 0 Å². The predicted molar refractivity (Wildman–Crippen MR) is 97.9 cm³/mol. The van der Waals surface area contributed by atoms with Crippen LogP contribution in [0.4, 0.5) is 0 Å². The van der Waals surface area contributed by atoms with Crippen LogP contribution in [0, 0.1) is 0 Å². The van der Waals surface area contributed by atoms with Crippen molar-refractivity contribution in [2.45, 2.75) is 19.4 Å². The van der Waals surface area contributed by atoms with Crippen LogP contribution in [0.5, 0.6) is 11.5 Å². The second-order valence-electron chi connectivity index (χ2n) is 5.79. The fourth-order valence-electron chi connectivity index (χ4n) is 3.06. The molecule has 2 aromatic carbocycles. The van der Waals surface area contributed by atoms with E-state index in [0.29, 0.717) is 0 Å². The molecular formula is C20H24N2O2. The van der Waals surface area contributed by atoms with Gasteiger partial charge in [0.15, 0.2) is 11.5 Å². The summed E-state index contributed by atoms with van der Waals surface area (Å²) < 4.78 is 10.8. The second kappa shape index (κ2) is 7.88. The Bertz CT molecular complexity index is 795. The van der Waals surface area contributed by atoms with Crippen LogP contribution in [0.2, 0.25) is 0 Å². The van der Waals surface area contributed by atoms with Crippen molar-refractivity contribution in [3.05, 3.63) is 59.8 Å². The third kappa shape index (κ3) is 3.54. The molecule has 126 valence electrons. The van der Waals surface area contributed by atoms with Crippen molar-refractivity contribution in [1.29, 1.82) is 0 Å². The Balaban J connectivity index is 1.51. The maximum Gasteiger partial charge on any atom is 0.165 e. The molecule has 2 N–H and O–H groups in total. The van der Waals surface area contributed by atoms with Crippen molar-refractivity contribution in [3.8, 4) is 11.5 Å². The second-order valence-corrected chi connectivity index (χ2v) is 5.79. The van der Waals surface area contributed by atoms with E-state index in [4.69, 9.17) is 9.47 Å². The van der Waals surface area contributed by atoms with E-state index < -0.39 is 0 Å². The summed E-state index contributed by atoms with van der Waals surface area (Å²) in [6.07, 6.45) is 4.27. The average Bonchev–Trinajstić information content (AvgIpc) is 3.04. The number of methoxy groups -OCH3 is 2. The maximum atomic E-state index is 5.46. The Morgan fingerprint density at radius 3 is 2.67 bits per heavy atom. The summed E-state index contributed by atoms with van der Waals surface area (Å²) in [5.74, 6) is 1.58. The summed E-state index contributed by atoms with van der Waals surface area (Å²) in [7, 11) is 3.34. The minimum Gasteiger partial charge on any atom is -0.493 e. The molecule has 0 unspecified atom stereocenters. The van der Waals surface area contributed by atoms with E-state index in [1.54, 1.807) is 14.2 Å². The molecule has 0 amide bonds. The van der Waals surface area contributed by atoms with Gasteiger partial charge in [-0.15, -0.1) is 0 Å². The molecule has 0 saturated heterocycles. The number of hydrogen-bond acceptors (Lipinski definition) is 3. The van der Waals surface area contributed by atoms with Gasteiger partial charge < -0.3 is 19.8 Å². The first-order valence-corrected chi connectivity index (χ1v) is 8.29. The molecule has 1 aromatic heterocycles. The van der Waals surface area contributed by atoms with Crippen LogP contribution in [0.3, 0.4) is 0 Å². The van der Waals surface area contributed by atoms with E-state index in [0.717, 1.165) is 43.0 Å². The first-order chi connectivity index (χ1) is 11.8. The molecule has 0 saturated carbocycles. The largest absolute Gasteiger partial charge is 0.493 e. The lowest BCUT2D eigenvalue weighted by Gasteiger charge is -2.13. The number of para-hydroxylation sites is 2. The van der Waals surface area contributed by atoms with Crippen molar-refractivity contribution in [3.63, 3.8) is 0 Å². The fraction of sp³-hybridized carbons (Fsp3) is 0.300. The number of nitrogens with one attached hydrogen (secondary N) is 2. The van der Waals surface area contributed by atoms with Crippen LogP contribution in [0.25, 0.3) is 10.9 Å². The quantitative estimate of drug-likeness (QED) is 0.618. The molecule has 1 heterocycles. The zero-order valence-corrected chi connectivity index (χ0v) is 14.3. The molecule has 24 heavy (non-hydrogen) atoms. The van der Waals surface area contributed by atoms with Crippen LogP contribution in [0.1, 0.15) is 17.5 Å². The highest BCUT2D eigenvalue weighted by Gasteiger charge is 2.08. The van der Waals surface area contributed by atoms with Gasteiger partial charge in [-0.3, -0.25) is 0 Å². The lowest BCUT2D eigenvalue weighted by Crippen LogP contribution is -2.16. The monoisotopic (exact) mass is 324 g/mol. The molecular weight excluding hydrogens is 300 g/mol. The van der Waals surface area contributed by atoms with Gasteiger partial charge >= 0.3 is 0 Å². The van der Waals surface area contributed by atoms with Crippen molar-refractivity contribution in [1.82, 2.24) is 10.3 Å². The Kier molecular flexibility index (Phi) is 5.39. The van der Waals surface area contributed by atoms with E-state index >= 15 is 0 Å². The Morgan fingerprint density at radius 2 is 1.83 bits per heavy atom. The zero-order valence-electron chi connectivity index (χ0n) is 14.3. The maximum absolute atomic E-state index is 5.46. The average molecular weight is 324 g/mol. The molecule has 3 rings (SSSR count). The van der Waals surface area contributed by atoms with Gasteiger partial charge in [0, 0.05) is 29.2 Å². The lowest BCUT2D eigenvalue weighted by molar-refractivity contribution is 0.350. The molecule has 0 bridgehead atoms. The number of aryl methyl sites for hydroxylation is 1. The third-order valence-electron chi connectivity index (χ3n) is 4.27. The molecule has 0 radical (unpaired) electrons. The minimum absolute atomic E-state index is 0.772. The van der Waals surface area contributed by atoms with Gasteiger partial charge in [0.05, 0.1) is 14.2 Å². The lowest BCUT2D eigenvalue weighted by atomic mass is 10.1. The molecule has 0 spiro atoms. The first kappa shape index (κ1) is 16.4. The highest BCUT2D eigenvalue weighted by Crippen LogP contribution is 2.30. The van der Waals surface area contributed by atoms with Crippen LogP contribution in [-0.2, 0) is 13.0 Å². The molecule has 0 atom stereocenters. The van der Waals surface area contributed by atoms with E-state index in [2.05, 4.69) is 46.8 Å². The number of benzene rings is 2. The Hall–Kier alpha value is -2.46. The van der Waals surface area contributed by atoms with E-state index in [1.165, 1.54) is 16.5 Å². The number of hydrogen-bond donors (Lipinski definition) is 2. The fourth-order valence-corrected chi connectivity index (χ4v) is 3.06. The summed E-state index contributed by atoms with van der Waals surface area (Å²) >= 11 is 0.